The summed E-state index contributed by atoms with van der Waals surface area (Å²) in [5, 5.41) is 15.0. The van der Waals surface area contributed by atoms with E-state index < -0.39 is 0 Å². The zero-order chi connectivity index (χ0) is 11.4. The first-order chi connectivity index (χ1) is 7.78. The van der Waals surface area contributed by atoms with Gasteiger partial charge in [-0.3, -0.25) is 4.79 Å². The summed E-state index contributed by atoms with van der Waals surface area (Å²) in [7, 11) is 0. The van der Waals surface area contributed by atoms with Crippen molar-refractivity contribution in [1.82, 2.24) is 10.6 Å². The molecule has 1 amide bonds. The molecule has 0 aromatic rings. The Balaban J connectivity index is 1.67. The number of rotatable bonds is 5. The zero-order valence-electron chi connectivity index (χ0n) is 9.80. The molecule has 1 saturated heterocycles. The summed E-state index contributed by atoms with van der Waals surface area (Å²) in [6.07, 6.45) is 5.05. The number of unbranched alkanes of at least 4 members (excludes halogenated alkanes) is 1. The maximum Gasteiger partial charge on any atom is 0.223 e. The first kappa shape index (κ1) is 11.9. The third-order valence-corrected chi connectivity index (χ3v) is 3.99. The minimum Gasteiger partial charge on any atom is -0.396 e. The molecule has 16 heavy (non-hydrogen) atoms. The maximum atomic E-state index is 11.8. The highest BCUT2D eigenvalue weighted by Gasteiger charge is 2.57. The normalized spacial score (nSPS) is 26.7. The van der Waals surface area contributed by atoms with Crippen LogP contribution in [-0.2, 0) is 4.79 Å². The minimum absolute atomic E-state index is 0.217. The average Bonchev–Trinajstić information content (AvgIpc) is 2.99. The van der Waals surface area contributed by atoms with Crippen LogP contribution < -0.4 is 10.6 Å². The van der Waals surface area contributed by atoms with Gasteiger partial charge >= 0.3 is 0 Å². The monoisotopic (exact) mass is 226 g/mol. The second-order valence-corrected chi connectivity index (χ2v) is 5.09. The topological polar surface area (TPSA) is 61.4 Å². The number of hydrogen-bond donors (Lipinski definition) is 3. The Labute approximate surface area is 96.8 Å². The molecule has 1 spiro atoms. The van der Waals surface area contributed by atoms with E-state index in [2.05, 4.69) is 10.6 Å². The molecule has 1 atom stereocenters. The molecule has 0 aromatic heterocycles. The number of carbonyl (C=O) groups is 1. The average molecular weight is 226 g/mol. The highest BCUT2D eigenvalue weighted by atomic mass is 16.2. The number of hydrogen-bond acceptors (Lipinski definition) is 3. The first-order valence-electron chi connectivity index (χ1n) is 6.38. The van der Waals surface area contributed by atoms with E-state index in [-0.39, 0.29) is 18.4 Å². The van der Waals surface area contributed by atoms with Gasteiger partial charge in [-0.25, -0.2) is 0 Å². The van der Waals surface area contributed by atoms with E-state index in [1.54, 1.807) is 0 Å². The molecule has 0 bridgehead atoms. The van der Waals surface area contributed by atoms with E-state index in [0.717, 1.165) is 45.2 Å². The SMILES string of the molecule is O=C(NCCCCO)C1CC12CCNCC2. The van der Waals surface area contributed by atoms with Crippen molar-refractivity contribution in [3.63, 3.8) is 0 Å². The molecule has 1 aliphatic carbocycles. The van der Waals surface area contributed by atoms with Gasteiger partial charge in [0.2, 0.25) is 5.91 Å². The third-order valence-electron chi connectivity index (χ3n) is 3.99. The molecule has 1 aliphatic heterocycles. The van der Waals surface area contributed by atoms with Crippen LogP contribution in [0.5, 0.6) is 0 Å². The number of piperidine rings is 1. The van der Waals surface area contributed by atoms with Crippen molar-refractivity contribution < 1.29 is 9.90 Å². The van der Waals surface area contributed by atoms with Crippen molar-refractivity contribution in [3.05, 3.63) is 0 Å². The van der Waals surface area contributed by atoms with Crippen molar-refractivity contribution in [2.75, 3.05) is 26.2 Å². The van der Waals surface area contributed by atoms with Crippen molar-refractivity contribution in [2.24, 2.45) is 11.3 Å². The van der Waals surface area contributed by atoms with E-state index in [9.17, 15) is 4.79 Å². The van der Waals surface area contributed by atoms with E-state index in [0.29, 0.717) is 12.0 Å². The molecule has 1 unspecified atom stereocenters. The molecular weight excluding hydrogens is 204 g/mol. The Hall–Kier alpha value is -0.610. The Morgan fingerprint density at radius 1 is 1.38 bits per heavy atom. The smallest absolute Gasteiger partial charge is 0.223 e. The minimum atomic E-state index is 0.217. The van der Waals surface area contributed by atoms with Crippen LogP contribution >= 0.6 is 0 Å². The van der Waals surface area contributed by atoms with E-state index >= 15 is 0 Å². The fourth-order valence-electron chi connectivity index (χ4n) is 2.77. The van der Waals surface area contributed by atoms with Gasteiger partial charge in [0, 0.05) is 19.1 Å². The van der Waals surface area contributed by atoms with Crippen LogP contribution in [0.15, 0.2) is 0 Å². The molecule has 3 N–H and O–H groups in total. The zero-order valence-corrected chi connectivity index (χ0v) is 9.80. The van der Waals surface area contributed by atoms with Crippen LogP contribution in [-0.4, -0.2) is 37.3 Å². The lowest BCUT2D eigenvalue weighted by Crippen LogP contribution is -2.34. The predicted octanol–water partition coefficient (Wildman–Crippen LogP) is 0.265. The fourth-order valence-corrected chi connectivity index (χ4v) is 2.77. The number of carbonyl (C=O) groups excluding carboxylic acids is 1. The summed E-state index contributed by atoms with van der Waals surface area (Å²) in [6.45, 7) is 3.06. The molecule has 4 heteroatoms. The van der Waals surface area contributed by atoms with Crippen LogP contribution in [0.4, 0.5) is 0 Å². The maximum absolute atomic E-state index is 11.8. The summed E-state index contributed by atoms with van der Waals surface area (Å²) >= 11 is 0. The number of aliphatic hydroxyl groups is 1. The van der Waals surface area contributed by atoms with Gasteiger partial charge < -0.3 is 15.7 Å². The Morgan fingerprint density at radius 2 is 2.12 bits per heavy atom. The molecule has 2 fully saturated rings. The summed E-state index contributed by atoms with van der Waals surface area (Å²) in [4.78, 5) is 11.8. The standard InChI is InChI=1S/C12H22N2O2/c15-8-2-1-5-14-11(16)10-9-12(10)3-6-13-7-4-12/h10,13,15H,1-9H2,(H,14,16). The van der Waals surface area contributed by atoms with Gasteiger partial charge in [-0.2, -0.15) is 0 Å². The van der Waals surface area contributed by atoms with Crippen molar-refractivity contribution >= 4 is 5.91 Å². The molecular formula is C12H22N2O2. The number of nitrogens with one attached hydrogen (secondary N) is 2. The lowest BCUT2D eigenvalue weighted by molar-refractivity contribution is -0.123. The van der Waals surface area contributed by atoms with Gasteiger partial charge in [-0.1, -0.05) is 0 Å². The first-order valence-corrected chi connectivity index (χ1v) is 6.38. The van der Waals surface area contributed by atoms with E-state index in [4.69, 9.17) is 5.11 Å². The summed E-state index contributed by atoms with van der Waals surface area (Å²) in [5.74, 6) is 0.503. The molecule has 1 saturated carbocycles. The summed E-state index contributed by atoms with van der Waals surface area (Å²) in [5.41, 5.74) is 0.340. The predicted molar refractivity (Wildman–Crippen MR) is 62.0 cm³/mol. The Morgan fingerprint density at radius 3 is 2.81 bits per heavy atom. The Bertz CT molecular complexity index is 249. The van der Waals surface area contributed by atoms with E-state index in [1.165, 1.54) is 0 Å². The molecule has 4 nitrogen and oxygen atoms in total. The van der Waals surface area contributed by atoms with Crippen LogP contribution in [0.25, 0.3) is 0 Å². The second-order valence-electron chi connectivity index (χ2n) is 5.09. The van der Waals surface area contributed by atoms with Crippen molar-refractivity contribution in [1.29, 1.82) is 0 Å². The number of aliphatic hydroxyl groups excluding tert-OH is 1. The van der Waals surface area contributed by atoms with Crippen LogP contribution in [0.3, 0.4) is 0 Å². The molecule has 0 aromatic carbocycles. The molecule has 0 radical (unpaired) electrons. The lowest BCUT2D eigenvalue weighted by Gasteiger charge is -2.23. The summed E-state index contributed by atoms with van der Waals surface area (Å²) in [6, 6.07) is 0. The highest BCUT2D eigenvalue weighted by Crippen LogP contribution is 2.58. The largest absolute Gasteiger partial charge is 0.396 e. The molecule has 1 heterocycles. The fraction of sp³-hybridized carbons (Fsp3) is 0.917. The van der Waals surface area contributed by atoms with Crippen molar-refractivity contribution in [2.45, 2.75) is 32.1 Å². The molecule has 2 aliphatic rings. The summed E-state index contributed by atoms with van der Waals surface area (Å²) < 4.78 is 0. The van der Waals surface area contributed by atoms with E-state index in [1.807, 2.05) is 0 Å². The van der Waals surface area contributed by atoms with Gasteiger partial charge in [0.15, 0.2) is 0 Å². The van der Waals surface area contributed by atoms with Crippen LogP contribution in [0.2, 0.25) is 0 Å². The molecule has 92 valence electrons. The van der Waals surface area contributed by atoms with Gasteiger partial charge in [0.25, 0.3) is 0 Å². The van der Waals surface area contributed by atoms with Gasteiger partial charge in [0.1, 0.15) is 0 Å². The quantitative estimate of drug-likeness (QED) is 0.590. The van der Waals surface area contributed by atoms with Gasteiger partial charge in [-0.15, -0.1) is 0 Å². The second kappa shape index (κ2) is 5.15. The lowest BCUT2D eigenvalue weighted by atomic mass is 9.92. The third kappa shape index (κ3) is 2.55. The highest BCUT2D eigenvalue weighted by molar-refractivity contribution is 5.82. The van der Waals surface area contributed by atoms with Crippen LogP contribution in [0, 0.1) is 11.3 Å². The van der Waals surface area contributed by atoms with Crippen molar-refractivity contribution in [3.8, 4) is 0 Å². The van der Waals surface area contributed by atoms with Crippen LogP contribution in [0.1, 0.15) is 32.1 Å². The number of amides is 1. The van der Waals surface area contributed by atoms with Gasteiger partial charge in [0.05, 0.1) is 0 Å². The van der Waals surface area contributed by atoms with Gasteiger partial charge in [-0.05, 0) is 50.6 Å². The molecule has 2 rings (SSSR count). The Kier molecular flexibility index (Phi) is 3.82.